The molecule has 0 aliphatic rings. The molecule has 0 unspecified atom stereocenters. The summed E-state index contributed by atoms with van der Waals surface area (Å²) in [5.74, 6) is -2.62. The van der Waals surface area contributed by atoms with Gasteiger partial charge in [-0.05, 0) is 24.1 Å². The van der Waals surface area contributed by atoms with Crippen LogP contribution in [0, 0.1) is 5.92 Å². The highest BCUT2D eigenvalue weighted by atomic mass is 35.5. The van der Waals surface area contributed by atoms with Crippen molar-refractivity contribution in [2.45, 2.75) is 26.1 Å². The number of hydrogen-bond acceptors (Lipinski definition) is 2. The van der Waals surface area contributed by atoms with Gasteiger partial charge in [0.05, 0.1) is 5.56 Å². The van der Waals surface area contributed by atoms with Crippen LogP contribution in [0.2, 0.25) is 5.02 Å². The monoisotopic (exact) mass is 323 g/mol. The van der Waals surface area contributed by atoms with Gasteiger partial charge in [-0.1, -0.05) is 25.4 Å². The van der Waals surface area contributed by atoms with Crippen LogP contribution in [0.15, 0.2) is 18.2 Å². The summed E-state index contributed by atoms with van der Waals surface area (Å²) in [6, 6.07) is 1.16. The quantitative estimate of drug-likeness (QED) is 0.894. The number of aliphatic carboxylic acids is 1. The SMILES string of the molecule is CC(C)[C@H](NC(=O)c1cc(Cl)cc(C(F)(F)F)c1)C(=O)O. The number of hydrogen-bond donors (Lipinski definition) is 2. The minimum Gasteiger partial charge on any atom is -0.480 e. The molecule has 0 aromatic heterocycles. The van der Waals surface area contributed by atoms with Crippen LogP contribution >= 0.6 is 11.6 Å². The van der Waals surface area contributed by atoms with Crippen molar-refractivity contribution in [1.82, 2.24) is 5.32 Å². The van der Waals surface area contributed by atoms with E-state index in [1.54, 1.807) is 13.8 Å². The molecule has 21 heavy (non-hydrogen) atoms. The molecule has 0 bridgehead atoms. The van der Waals surface area contributed by atoms with Crippen LogP contribution in [-0.2, 0) is 11.0 Å². The molecular weight excluding hydrogens is 311 g/mol. The van der Waals surface area contributed by atoms with Gasteiger partial charge in [0.2, 0.25) is 0 Å². The molecule has 0 saturated carbocycles. The fraction of sp³-hybridized carbons (Fsp3) is 0.385. The highest BCUT2D eigenvalue weighted by molar-refractivity contribution is 6.31. The Labute approximate surface area is 123 Å². The first kappa shape index (κ1) is 17.3. The molecule has 0 radical (unpaired) electrons. The number of rotatable bonds is 4. The van der Waals surface area contributed by atoms with Crippen molar-refractivity contribution < 1.29 is 27.9 Å². The minimum absolute atomic E-state index is 0.258. The number of halogens is 4. The van der Waals surface area contributed by atoms with Crippen LogP contribution in [0.5, 0.6) is 0 Å². The zero-order valence-electron chi connectivity index (χ0n) is 11.2. The average Bonchev–Trinajstić information content (AvgIpc) is 2.32. The predicted octanol–water partition coefficient (Wildman–Crippen LogP) is 3.20. The Morgan fingerprint density at radius 2 is 1.81 bits per heavy atom. The van der Waals surface area contributed by atoms with Gasteiger partial charge in [0.25, 0.3) is 5.91 Å². The number of carbonyl (C=O) groups excluding carboxylic acids is 1. The summed E-state index contributed by atoms with van der Waals surface area (Å²) in [5.41, 5.74) is -1.42. The number of carboxylic acid groups (broad SMARTS) is 1. The van der Waals surface area contributed by atoms with Crippen LogP contribution in [0.4, 0.5) is 13.2 Å². The first-order valence-electron chi connectivity index (χ1n) is 5.94. The third kappa shape index (κ3) is 4.63. The molecule has 1 aromatic carbocycles. The lowest BCUT2D eigenvalue weighted by Crippen LogP contribution is -2.44. The molecule has 1 aromatic rings. The third-order valence-corrected chi connectivity index (χ3v) is 2.92. The van der Waals surface area contributed by atoms with Crippen LogP contribution in [0.1, 0.15) is 29.8 Å². The maximum Gasteiger partial charge on any atom is 0.416 e. The minimum atomic E-state index is -4.65. The molecule has 8 heteroatoms. The molecule has 0 spiro atoms. The van der Waals surface area contributed by atoms with E-state index < -0.39 is 35.6 Å². The van der Waals surface area contributed by atoms with Gasteiger partial charge in [-0.15, -0.1) is 0 Å². The van der Waals surface area contributed by atoms with Crippen molar-refractivity contribution in [2.24, 2.45) is 5.92 Å². The van der Waals surface area contributed by atoms with Crippen molar-refractivity contribution in [3.8, 4) is 0 Å². The van der Waals surface area contributed by atoms with E-state index in [4.69, 9.17) is 16.7 Å². The number of carbonyl (C=O) groups is 2. The normalized spacial score (nSPS) is 13.1. The fourth-order valence-electron chi connectivity index (χ4n) is 1.62. The van der Waals surface area contributed by atoms with E-state index in [9.17, 15) is 22.8 Å². The molecule has 0 aliphatic heterocycles. The summed E-state index contributed by atoms with van der Waals surface area (Å²) in [6.07, 6.45) is -4.65. The van der Waals surface area contributed by atoms with Gasteiger partial charge in [0.15, 0.2) is 0 Å². The third-order valence-electron chi connectivity index (χ3n) is 2.71. The molecular formula is C13H13ClF3NO3. The Hall–Kier alpha value is -1.76. The lowest BCUT2D eigenvalue weighted by Gasteiger charge is -2.18. The number of amides is 1. The van der Waals surface area contributed by atoms with Gasteiger partial charge in [-0.25, -0.2) is 4.79 Å². The molecule has 116 valence electrons. The lowest BCUT2D eigenvalue weighted by atomic mass is 10.0. The van der Waals surface area contributed by atoms with E-state index in [2.05, 4.69) is 5.32 Å². The Balaban J connectivity index is 3.08. The summed E-state index contributed by atoms with van der Waals surface area (Å²) in [4.78, 5) is 22.9. The molecule has 4 nitrogen and oxygen atoms in total. The predicted molar refractivity (Wildman–Crippen MR) is 70.2 cm³/mol. The van der Waals surface area contributed by atoms with Gasteiger partial charge in [0, 0.05) is 10.6 Å². The van der Waals surface area contributed by atoms with E-state index in [0.717, 1.165) is 6.07 Å². The summed E-state index contributed by atoms with van der Waals surface area (Å²) >= 11 is 5.57. The van der Waals surface area contributed by atoms with Crippen molar-refractivity contribution in [2.75, 3.05) is 0 Å². The van der Waals surface area contributed by atoms with E-state index >= 15 is 0 Å². The van der Waals surface area contributed by atoms with E-state index in [1.807, 2.05) is 0 Å². The van der Waals surface area contributed by atoms with E-state index in [1.165, 1.54) is 0 Å². The van der Waals surface area contributed by atoms with E-state index in [0.29, 0.717) is 12.1 Å². The fourth-order valence-corrected chi connectivity index (χ4v) is 1.86. The van der Waals surface area contributed by atoms with Gasteiger partial charge in [0.1, 0.15) is 6.04 Å². The Morgan fingerprint density at radius 3 is 2.24 bits per heavy atom. The Kier molecular flexibility index (Phi) is 5.22. The zero-order valence-corrected chi connectivity index (χ0v) is 11.9. The van der Waals surface area contributed by atoms with Gasteiger partial charge >= 0.3 is 12.1 Å². The second-order valence-corrected chi connectivity index (χ2v) is 5.20. The average molecular weight is 324 g/mol. The van der Waals surface area contributed by atoms with Crippen molar-refractivity contribution >= 4 is 23.5 Å². The second kappa shape index (κ2) is 6.34. The van der Waals surface area contributed by atoms with Crippen molar-refractivity contribution in [3.05, 3.63) is 34.3 Å². The van der Waals surface area contributed by atoms with Crippen molar-refractivity contribution in [1.29, 1.82) is 0 Å². The summed E-state index contributed by atoms with van der Waals surface area (Å²) in [5, 5.41) is 10.9. The molecule has 0 heterocycles. The Bertz CT molecular complexity index is 558. The maximum absolute atomic E-state index is 12.6. The molecule has 2 N–H and O–H groups in total. The molecule has 0 saturated heterocycles. The summed E-state index contributed by atoms with van der Waals surface area (Å²) in [7, 11) is 0. The molecule has 1 amide bonds. The zero-order chi connectivity index (χ0) is 16.4. The molecule has 0 aliphatic carbocycles. The number of nitrogens with one attached hydrogen (secondary N) is 1. The first-order valence-corrected chi connectivity index (χ1v) is 6.31. The second-order valence-electron chi connectivity index (χ2n) is 4.76. The van der Waals surface area contributed by atoms with E-state index in [-0.39, 0.29) is 10.6 Å². The highest BCUT2D eigenvalue weighted by Crippen LogP contribution is 2.31. The van der Waals surface area contributed by atoms with Crippen LogP contribution < -0.4 is 5.32 Å². The largest absolute Gasteiger partial charge is 0.480 e. The topological polar surface area (TPSA) is 66.4 Å². The van der Waals surface area contributed by atoms with Gasteiger partial charge < -0.3 is 10.4 Å². The summed E-state index contributed by atoms with van der Waals surface area (Å²) in [6.45, 7) is 3.14. The van der Waals surface area contributed by atoms with Crippen LogP contribution in [0.3, 0.4) is 0 Å². The lowest BCUT2D eigenvalue weighted by molar-refractivity contribution is -0.140. The van der Waals surface area contributed by atoms with Gasteiger partial charge in [-0.2, -0.15) is 13.2 Å². The standard InChI is InChI=1S/C13H13ClF3NO3/c1-6(2)10(12(20)21)18-11(19)7-3-8(13(15,16)17)5-9(14)4-7/h3-6,10H,1-2H3,(H,18,19)(H,20,21)/t10-/m0/s1. The maximum atomic E-state index is 12.6. The first-order chi connectivity index (χ1) is 9.52. The van der Waals surface area contributed by atoms with Crippen LogP contribution in [-0.4, -0.2) is 23.0 Å². The van der Waals surface area contributed by atoms with Crippen LogP contribution in [0.25, 0.3) is 0 Å². The number of alkyl halides is 3. The smallest absolute Gasteiger partial charge is 0.416 e. The van der Waals surface area contributed by atoms with Gasteiger partial charge in [-0.3, -0.25) is 4.79 Å². The Morgan fingerprint density at radius 1 is 1.24 bits per heavy atom. The summed E-state index contributed by atoms with van der Waals surface area (Å²) < 4.78 is 37.9. The highest BCUT2D eigenvalue weighted by Gasteiger charge is 2.32. The molecule has 1 atom stereocenters. The number of benzene rings is 1. The number of carboxylic acids is 1. The van der Waals surface area contributed by atoms with Crippen molar-refractivity contribution in [3.63, 3.8) is 0 Å². The molecule has 1 rings (SSSR count). The molecule has 0 fully saturated rings.